The highest BCUT2D eigenvalue weighted by atomic mass is 16.5. The maximum Gasteiger partial charge on any atom is 0.312 e. The molecule has 2 saturated carbocycles. The van der Waals surface area contributed by atoms with Gasteiger partial charge in [0.25, 0.3) is 0 Å². The van der Waals surface area contributed by atoms with Crippen LogP contribution in [0.15, 0.2) is 18.2 Å². The number of fused-ring (bicyclic) bond motifs is 5. The van der Waals surface area contributed by atoms with Gasteiger partial charge in [-0.3, -0.25) is 4.79 Å². The molecule has 0 saturated heterocycles. The lowest BCUT2D eigenvalue weighted by atomic mass is 9.49. The quantitative estimate of drug-likeness (QED) is 0.701. The predicted molar refractivity (Wildman–Crippen MR) is 102 cm³/mol. The van der Waals surface area contributed by atoms with Crippen LogP contribution in [0.2, 0.25) is 0 Å². The Hall–Kier alpha value is -1.51. The SMILES string of the molecule is COC(=O)[C@]1(C)CC[C@@H]2[C@@H]3[C@H](C)Cc4cc(OC)ccc4[C@H]3CC[C@@]21C. The fourth-order valence-electron chi connectivity index (χ4n) is 6.91. The van der Waals surface area contributed by atoms with Crippen molar-refractivity contribution < 1.29 is 14.3 Å². The van der Waals surface area contributed by atoms with E-state index in [4.69, 9.17) is 9.47 Å². The lowest BCUT2D eigenvalue weighted by Crippen LogP contribution is -2.51. The number of esters is 1. The molecule has 3 heteroatoms. The van der Waals surface area contributed by atoms with E-state index < -0.39 is 0 Å². The molecule has 4 rings (SSSR count). The summed E-state index contributed by atoms with van der Waals surface area (Å²) in [5, 5.41) is 0. The summed E-state index contributed by atoms with van der Waals surface area (Å²) in [5.41, 5.74) is 2.72. The van der Waals surface area contributed by atoms with Crippen molar-refractivity contribution in [1.82, 2.24) is 0 Å². The van der Waals surface area contributed by atoms with Gasteiger partial charge in [0, 0.05) is 0 Å². The van der Waals surface area contributed by atoms with E-state index in [2.05, 4.69) is 39.0 Å². The van der Waals surface area contributed by atoms with Crippen molar-refractivity contribution in [3.8, 4) is 5.75 Å². The van der Waals surface area contributed by atoms with Crippen LogP contribution >= 0.6 is 0 Å². The fourth-order valence-corrected chi connectivity index (χ4v) is 6.91. The van der Waals surface area contributed by atoms with Gasteiger partial charge in [-0.25, -0.2) is 0 Å². The lowest BCUT2D eigenvalue weighted by Gasteiger charge is -2.55. The van der Waals surface area contributed by atoms with Gasteiger partial charge in [0.05, 0.1) is 19.6 Å². The summed E-state index contributed by atoms with van der Waals surface area (Å²) in [4.78, 5) is 12.7. The van der Waals surface area contributed by atoms with E-state index >= 15 is 0 Å². The van der Waals surface area contributed by atoms with E-state index in [-0.39, 0.29) is 16.8 Å². The smallest absolute Gasteiger partial charge is 0.312 e. The minimum Gasteiger partial charge on any atom is -0.497 e. The normalized spacial score (nSPS) is 41.0. The molecule has 1 aromatic carbocycles. The molecule has 2 fully saturated rings. The molecule has 0 N–H and O–H groups in total. The Kier molecular flexibility index (Phi) is 4.13. The lowest BCUT2D eigenvalue weighted by molar-refractivity contribution is -0.162. The zero-order valence-electron chi connectivity index (χ0n) is 16.8. The number of hydrogen-bond acceptors (Lipinski definition) is 3. The summed E-state index contributed by atoms with van der Waals surface area (Å²) >= 11 is 0. The van der Waals surface area contributed by atoms with Crippen molar-refractivity contribution >= 4 is 5.97 Å². The van der Waals surface area contributed by atoms with Gasteiger partial charge in [0.2, 0.25) is 0 Å². The molecule has 26 heavy (non-hydrogen) atoms. The molecule has 0 bridgehead atoms. The highest BCUT2D eigenvalue weighted by Gasteiger charge is 2.64. The third kappa shape index (κ3) is 2.21. The minimum absolute atomic E-state index is 0.00505. The van der Waals surface area contributed by atoms with E-state index in [1.54, 1.807) is 14.2 Å². The summed E-state index contributed by atoms with van der Waals surface area (Å²) < 4.78 is 10.7. The van der Waals surface area contributed by atoms with Crippen molar-refractivity contribution in [3.63, 3.8) is 0 Å². The number of methoxy groups -OCH3 is 2. The van der Waals surface area contributed by atoms with Crippen molar-refractivity contribution in [2.24, 2.45) is 28.6 Å². The van der Waals surface area contributed by atoms with E-state index in [9.17, 15) is 4.79 Å². The number of rotatable bonds is 2. The van der Waals surface area contributed by atoms with Crippen LogP contribution < -0.4 is 4.74 Å². The second kappa shape index (κ2) is 6.00. The summed E-state index contributed by atoms with van der Waals surface area (Å²) in [5.74, 6) is 3.50. The van der Waals surface area contributed by atoms with Crippen LogP contribution in [-0.4, -0.2) is 20.2 Å². The number of ether oxygens (including phenoxy) is 2. The van der Waals surface area contributed by atoms with E-state index in [1.807, 2.05) is 0 Å². The number of hydrogen-bond donors (Lipinski definition) is 0. The van der Waals surface area contributed by atoms with Crippen LogP contribution in [0.4, 0.5) is 0 Å². The Morgan fingerprint density at radius 1 is 1.15 bits per heavy atom. The highest BCUT2D eigenvalue weighted by Crippen LogP contribution is 2.68. The van der Waals surface area contributed by atoms with E-state index in [1.165, 1.54) is 17.5 Å². The predicted octanol–water partition coefficient (Wildman–Crippen LogP) is 4.98. The topological polar surface area (TPSA) is 35.5 Å². The molecule has 0 amide bonds. The highest BCUT2D eigenvalue weighted by molar-refractivity contribution is 5.78. The van der Waals surface area contributed by atoms with Crippen LogP contribution in [0.3, 0.4) is 0 Å². The first-order chi connectivity index (χ1) is 12.4. The maximum atomic E-state index is 12.7. The molecular weight excluding hydrogens is 324 g/mol. The third-order valence-electron chi connectivity index (χ3n) is 8.52. The van der Waals surface area contributed by atoms with Gasteiger partial charge in [-0.1, -0.05) is 19.9 Å². The van der Waals surface area contributed by atoms with Gasteiger partial charge in [-0.05, 0) is 91.4 Å². The molecule has 3 aliphatic rings. The van der Waals surface area contributed by atoms with Crippen LogP contribution in [-0.2, 0) is 16.0 Å². The van der Waals surface area contributed by atoms with E-state index in [0.717, 1.165) is 31.4 Å². The van der Waals surface area contributed by atoms with Gasteiger partial charge >= 0.3 is 5.97 Å². The number of carbonyl (C=O) groups is 1. The molecular formula is C23H32O3. The Balaban J connectivity index is 1.72. The molecule has 0 radical (unpaired) electrons. The molecule has 1 aromatic rings. The standard InChI is InChI=1S/C23H32O3/c1-14-12-15-13-16(25-4)6-7-17(15)18-8-10-22(2)19(20(14)18)9-11-23(22,3)21(24)26-5/h6-7,13-14,18-20H,8-12H2,1-5H3/t14-,18-,19-,20-,22+,23+/m1/s1. The van der Waals surface area contributed by atoms with Gasteiger partial charge in [0.15, 0.2) is 0 Å². The zero-order valence-corrected chi connectivity index (χ0v) is 16.8. The fraction of sp³-hybridized carbons (Fsp3) is 0.696. The molecule has 0 aromatic heterocycles. The molecule has 3 aliphatic carbocycles. The van der Waals surface area contributed by atoms with Gasteiger partial charge < -0.3 is 9.47 Å². The summed E-state index contributed by atoms with van der Waals surface area (Å²) in [6.07, 6.45) is 5.52. The molecule has 3 nitrogen and oxygen atoms in total. The van der Waals surface area contributed by atoms with Gasteiger partial charge in [0.1, 0.15) is 5.75 Å². The molecule has 0 aliphatic heterocycles. The first kappa shape index (κ1) is 17.9. The monoisotopic (exact) mass is 356 g/mol. The zero-order chi connectivity index (χ0) is 18.7. The second-order valence-electron chi connectivity index (χ2n) is 9.35. The largest absolute Gasteiger partial charge is 0.497 e. The summed E-state index contributed by atoms with van der Waals surface area (Å²) in [6, 6.07) is 6.66. The Morgan fingerprint density at radius 2 is 1.92 bits per heavy atom. The molecule has 0 heterocycles. The first-order valence-electron chi connectivity index (χ1n) is 10.1. The van der Waals surface area contributed by atoms with E-state index in [0.29, 0.717) is 23.7 Å². The number of benzene rings is 1. The third-order valence-corrected chi connectivity index (χ3v) is 8.52. The van der Waals surface area contributed by atoms with Crippen LogP contribution in [0.1, 0.15) is 63.5 Å². The Bertz CT molecular complexity index is 726. The summed E-state index contributed by atoms with van der Waals surface area (Å²) in [6.45, 7) is 6.94. The van der Waals surface area contributed by atoms with Crippen molar-refractivity contribution in [1.29, 1.82) is 0 Å². The molecule has 0 spiro atoms. The Labute approximate surface area is 157 Å². The molecule has 142 valence electrons. The first-order valence-corrected chi connectivity index (χ1v) is 10.1. The van der Waals surface area contributed by atoms with Crippen molar-refractivity contribution in [3.05, 3.63) is 29.3 Å². The average molecular weight is 357 g/mol. The molecule has 6 atom stereocenters. The Morgan fingerprint density at radius 3 is 2.62 bits per heavy atom. The van der Waals surface area contributed by atoms with Crippen molar-refractivity contribution in [2.75, 3.05) is 14.2 Å². The second-order valence-corrected chi connectivity index (χ2v) is 9.35. The van der Waals surface area contributed by atoms with Crippen LogP contribution in [0.5, 0.6) is 5.75 Å². The van der Waals surface area contributed by atoms with Gasteiger partial charge in [-0.2, -0.15) is 0 Å². The van der Waals surface area contributed by atoms with Crippen LogP contribution in [0.25, 0.3) is 0 Å². The number of carbonyl (C=O) groups excluding carboxylic acids is 1. The maximum absolute atomic E-state index is 12.7. The van der Waals surface area contributed by atoms with Gasteiger partial charge in [-0.15, -0.1) is 0 Å². The van der Waals surface area contributed by atoms with Crippen molar-refractivity contribution in [2.45, 2.75) is 58.8 Å². The summed E-state index contributed by atoms with van der Waals surface area (Å²) in [7, 11) is 3.29. The average Bonchev–Trinajstić information content (AvgIpc) is 2.92. The van der Waals surface area contributed by atoms with Crippen LogP contribution in [0, 0.1) is 28.6 Å². The minimum atomic E-state index is -0.336. The molecule has 0 unspecified atom stereocenters.